The van der Waals surface area contributed by atoms with Crippen molar-refractivity contribution in [3.8, 4) is 0 Å². The van der Waals surface area contributed by atoms with Crippen LogP contribution in [0.4, 0.5) is 0 Å². The number of ether oxygens (including phenoxy) is 5. The lowest BCUT2D eigenvalue weighted by atomic mass is 9.91. The first kappa shape index (κ1) is 33.9. The van der Waals surface area contributed by atoms with Gasteiger partial charge < -0.3 is 34.3 Å². The molecule has 0 radical (unpaired) electrons. The van der Waals surface area contributed by atoms with E-state index in [1.165, 1.54) is 13.0 Å². The van der Waals surface area contributed by atoms with E-state index >= 15 is 0 Å². The Bertz CT molecular complexity index is 1300. The Morgan fingerprint density at radius 2 is 1.75 bits per heavy atom. The van der Waals surface area contributed by atoms with E-state index in [4.69, 9.17) is 23.7 Å². The van der Waals surface area contributed by atoms with Crippen molar-refractivity contribution >= 4 is 29.8 Å². The molecule has 1 amide bonds. The SMILES string of the molecule is C=CC1=CCNC(C(=O)N[C@H]2COC(=O)[C@H](Cc3ccccc3)[C@@H](OC(=O)C(C)C)[C@H](C)OC2=O)=C1OCOC(=O)C(C)C. The van der Waals surface area contributed by atoms with Gasteiger partial charge >= 0.3 is 23.9 Å². The largest absolute Gasteiger partial charge is 0.463 e. The molecular weight excluding hydrogens is 572 g/mol. The average Bonchev–Trinajstić information content (AvgIpc) is 3.03. The molecular formula is C32H40N2O10. The van der Waals surface area contributed by atoms with Gasteiger partial charge in [0.15, 0.2) is 17.9 Å². The van der Waals surface area contributed by atoms with Crippen LogP contribution in [-0.4, -0.2) is 68.0 Å². The number of hydrogen-bond donors (Lipinski definition) is 2. The maximum Gasteiger partial charge on any atom is 0.332 e. The summed E-state index contributed by atoms with van der Waals surface area (Å²) in [6.07, 6.45) is 1.14. The molecule has 44 heavy (non-hydrogen) atoms. The van der Waals surface area contributed by atoms with Crippen LogP contribution in [0.1, 0.15) is 40.2 Å². The summed E-state index contributed by atoms with van der Waals surface area (Å²) in [5.74, 6) is -5.26. The fourth-order valence-electron chi connectivity index (χ4n) is 4.39. The first-order valence-electron chi connectivity index (χ1n) is 14.5. The Morgan fingerprint density at radius 1 is 1.07 bits per heavy atom. The Balaban J connectivity index is 1.85. The number of benzene rings is 1. The molecule has 1 aromatic carbocycles. The van der Waals surface area contributed by atoms with Crippen molar-refractivity contribution in [3.05, 3.63) is 71.7 Å². The Labute approximate surface area is 256 Å². The third-order valence-electron chi connectivity index (χ3n) is 6.88. The van der Waals surface area contributed by atoms with E-state index in [1.54, 1.807) is 33.8 Å². The molecule has 0 bridgehead atoms. The van der Waals surface area contributed by atoms with Gasteiger partial charge in [0.2, 0.25) is 6.79 Å². The van der Waals surface area contributed by atoms with Crippen molar-refractivity contribution in [2.75, 3.05) is 19.9 Å². The zero-order valence-electron chi connectivity index (χ0n) is 25.6. The molecule has 12 nitrogen and oxygen atoms in total. The second-order valence-electron chi connectivity index (χ2n) is 11.0. The molecule has 2 aliphatic rings. The maximum atomic E-state index is 13.4. The van der Waals surface area contributed by atoms with Gasteiger partial charge in [-0.3, -0.25) is 19.2 Å². The van der Waals surface area contributed by atoms with E-state index in [2.05, 4.69) is 17.2 Å². The molecule has 2 aliphatic heterocycles. The summed E-state index contributed by atoms with van der Waals surface area (Å²) in [5.41, 5.74) is 1.20. The molecule has 0 saturated carbocycles. The normalized spacial score (nSPS) is 22.3. The molecule has 0 aromatic heterocycles. The van der Waals surface area contributed by atoms with Gasteiger partial charge in [-0.25, -0.2) is 4.79 Å². The summed E-state index contributed by atoms with van der Waals surface area (Å²) in [4.78, 5) is 64.6. The molecule has 4 atom stereocenters. The van der Waals surface area contributed by atoms with Gasteiger partial charge in [-0.1, -0.05) is 76.8 Å². The van der Waals surface area contributed by atoms with Crippen LogP contribution < -0.4 is 10.6 Å². The van der Waals surface area contributed by atoms with E-state index in [9.17, 15) is 24.0 Å². The number of carbonyl (C=O) groups is 5. The second-order valence-corrected chi connectivity index (χ2v) is 11.0. The van der Waals surface area contributed by atoms with Gasteiger partial charge in [0.25, 0.3) is 5.91 Å². The topological polar surface area (TPSA) is 156 Å². The van der Waals surface area contributed by atoms with Gasteiger partial charge in [0.1, 0.15) is 24.3 Å². The third-order valence-corrected chi connectivity index (χ3v) is 6.88. The number of cyclic esters (lactones) is 2. The summed E-state index contributed by atoms with van der Waals surface area (Å²) < 4.78 is 27.6. The van der Waals surface area contributed by atoms with Crippen LogP contribution in [0.25, 0.3) is 0 Å². The van der Waals surface area contributed by atoms with Crippen LogP contribution in [0.3, 0.4) is 0 Å². The number of allylic oxidation sites excluding steroid dienone is 1. The molecule has 0 spiro atoms. The van der Waals surface area contributed by atoms with Crippen molar-refractivity contribution in [2.24, 2.45) is 17.8 Å². The maximum absolute atomic E-state index is 13.4. The predicted octanol–water partition coefficient (Wildman–Crippen LogP) is 2.49. The van der Waals surface area contributed by atoms with Crippen molar-refractivity contribution in [1.82, 2.24) is 10.6 Å². The number of hydrogen-bond acceptors (Lipinski definition) is 11. The number of amides is 1. The van der Waals surface area contributed by atoms with E-state index in [-0.39, 0.29) is 30.3 Å². The molecule has 0 unspecified atom stereocenters. The molecule has 12 heteroatoms. The minimum absolute atomic E-state index is 0.0469. The fourth-order valence-corrected chi connectivity index (χ4v) is 4.39. The molecule has 3 rings (SSSR count). The smallest absolute Gasteiger partial charge is 0.332 e. The minimum atomic E-state index is -1.40. The highest BCUT2D eigenvalue weighted by Gasteiger charge is 2.42. The summed E-state index contributed by atoms with van der Waals surface area (Å²) in [6.45, 7) is 11.1. The molecule has 0 aliphatic carbocycles. The summed E-state index contributed by atoms with van der Waals surface area (Å²) in [5, 5.41) is 5.43. The van der Waals surface area contributed by atoms with Gasteiger partial charge in [-0.05, 0) is 18.9 Å². The van der Waals surface area contributed by atoms with Crippen molar-refractivity contribution in [1.29, 1.82) is 0 Å². The molecule has 1 saturated heterocycles. The average molecular weight is 613 g/mol. The van der Waals surface area contributed by atoms with Crippen molar-refractivity contribution in [3.63, 3.8) is 0 Å². The first-order valence-corrected chi connectivity index (χ1v) is 14.5. The number of nitrogens with one attached hydrogen (secondary N) is 2. The lowest BCUT2D eigenvalue weighted by Gasteiger charge is -2.29. The summed E-state index contributed by atoms with van der Waals surface area (Å²) in [7, 11) is 0. The van der Waals surface area contributed by atoms with Crippen LogP contribution in [0.15, 0.2) is 66.1 Å². The molecule has 1 aromatic rings. The van der Waals surface area contributed by atoms with E-state index in [0.29, 0.717) is 5.57 Å². The lowest BCUT2D eigenvalue weighted by Crippen LogP contribution is -2.48. The zero-order chi connectivity index (χ0) is 32.4. The fraction of sp³-hybridized carbons (Fsp3) is 0.469. The summed E-state index contributed by atoms with van der Waals surface area (Å²) >= 11 is 0. The second kappa shape index (κ2) is 15.7. The number of dihydropyridines is 1. The van der Waals surface area contributed by atoms with E-state index in [0.717, 1.165) is 5.56 Å². The Kier molecular flexibility index (Phi) is 12.1. The minimum Gasteiger partial charge on any atom is -0.463 e. The van der Waals surface area contributed by atoms with E-state index in [1.807, 2.05) is 30.3 Å². The Hall–Kier alpha value is -4.61. The van der Waals surface area contributed by atoms with Crippen LogP contribution in [-0.2, 0) is 54.1 Å². The van der Waals surface area contributed by atoms with E-state index < -0.39 is 73.3 Å². The number of esters is 4. The van der Waals surface area contributed by atoms with Gasteiger partial charge in [0.05, 0.1) is 11.8 Å². The number of carbonyl (C=O) groups excluding carboxylic acids is 5. The van der Waals surface area contributed by atoms with Gasteiger partial charge in [-0.15, -0.1) is 0 Å². The van der Waals surface area contributed by atoms with Gasteiger partial charge in [-0.2, -0.15) is 0 Å². The Morgan fingerprint density at radius 3 is 2.39 bits per heavy atom. The highest BCUT2D eigenvalue weighted by molar-refractivity contribution is 5.97. The highest BCUT2D eigenvalue weighted by atomic mass is 16.7. The van der Waals surface area contributed by atoms with Crippen molar-refractivity contribution in [2.45, 2.75) is 59.3 Å². The third kappa shape index (κ3) is 8.95. The van der Waals surface area contributed by atoms with Crippen LogP contribution in [0.5, 0.6) is 0 Å². The molecule has 1 fully saturated rings. The molecule has 238 valence electrons. The molecule has 2 heterocycles. The zero-order valence-corrected chi connectivity index (χ0v) is 25.6. The number of rotatable bonds is 11. The van der Waals surface area contributed by atoms with Crippen LogP contribution in [0, 0.1) is 17.8 Å². The van der Waals surface area contributed by atoms with Crippen LogP contribution in [0.2, 0.25) is 0 Å². The lowest BCUT2D eigenvalue weighted by molar-refractivity contribution is -0.176. The molecule has 2 N–H and O–H groups in total. The predicted molar refractivity (Wildman–Crippen MR) is 157 cm³/mol. The summed E-state index contributed by atoms with van der Waals surface area (Å²) in [6, 6.07) is 7.69. The standard InChI is InChI=1S/C32H40N2O10/c1-7-22-13-14-33-25(27(22)41-17-42-29(36)18(2)3)28(35)34-24-16-40-31(38)23(15-21-11-9-8-10-12-21)26(20(6)43-32(24)39)44-30(37)19(4)5/h7-13,18-20,23-24,26,33H,1,14-17H2,2-6H3,(H,34,35)/t20-,23+,24-,26-/m0/s1. The van der Waals surface area contributed by atoms with Crippen molar-refractivity contribution < 1.29 is 47.7 Å². The monoisotopic (exact) mass is 612 g/mol. The highest BCUT2D eigenvalue weighted by Crippen LogP contribution is 2.25. The first-order chi connectivity index (χ1) is 20.9. The van der Waals surface area contributed by atoms with Crippen LogP contribution >= 0.6 is 0 Å². The van der Waals surface area contributed by atoms with Gasteiger partial charge in [0, 0.05) is 12.1 Å². The quantitative estimate of drug-likeness (QED) is 0.215.